The first-order chi connectivity index (χ1) is 6.20. The summed E-state index contributed by atoms with van der Waals surface area (Å²) in [6, 6.07) is 2.02. The summed E-state index contributed by atoms with van der Waals surface area (Å²) in [6.07, 6.45) is 0. The zero-order chi connectivity index (χ0) is 9.84. The highest BCUT2D eigenvalue weighted by Gasteiger charge is 2.14. The number of hydrogen-bond donors (Lipinski definition) is 0. The molecule has 0 aliphatic rings. The SMILES string of the molecule is CCOC(=O)c1scc(C#N)c1C. The molecule has 1 heterocycles. The number of rotatable bonds is 2. The van der Waals surface area contributed by atoms with Crippen molar-refractivity contribution in [3.63, 3.8) is 0 Å². The van der Waals surface area contributed by atoms with Crippen LogP contribution in [0.15, 0.2) is 5.38 Å². The lowest BCUT2D eigenvalue weighted by Crippen LogP contribution is -2.03. The van der Waals surface area contributed by atoms with Crippen LogP contribution >= 0.6 is 11.3 Å². The third kappa shape index (κ3) is 1.87. The summed E-state index contributed by atoms with van der Waals surface area (Å²) in [5.74, 6) is -0.341. The molecule has 0 atom stereocenters. The van der Waals surface area contributed by atoms with Crippen molar-refractivity contribution in [2.75, 3.05) is 6.61 Å². The summed E-state index contributed by atoms with van der Waals surface area (Å²) in [6.45, 7) is 3.87. The maximum Gasteiger partial charge on any atom is 0.348 e. The van der Waals surface area contributed by atoms with E-state index in [0.717, 1.165) is 0 Å². The first-order valence-electron chi connectivity index (χ1n) is 3.86. The molecule has 0 aliphatic carbocycles. The normalized spacial score (nSPS) is 9.31. The van der Waals surface area contributed by atoms with Gasteiger partial charge in [0.05, 0.1) is 12.2 Å². The Labute approximate surface area is 80.6 Å². The van der Waals surface area contributed by atoms with E-state index in [4.69, 9.17) is 10.00 Å². The van der Waals surface area contributed by atoms with Crippen LogP contribution < -0.4 is 0 Å². The molecule has 13 heavy (non-hydrogen) atoms. The van der Waals surface area contributed by atoms with E-state index in [0.29, 0.717) is 22.6 Å². The number of nitrogens with zero attached hydrogens (tertiary/aromatic N) is 1. The Kier molecular flexibility index (Phi) is 3.04. The maximum absolute atomic E-state index is 11.3. The Bertz CT molecular complexity index is 362. The minimum Gasteiger partial charge on any atom is -0.462 e. The molecule has 0 fully saturated rings. The molecule has 4 heteroatoms. The van der Waals surface area contributed by atoms with Crippen molar-refractivity contribution in [2.45, 2.75) is 13.8 Å². The van der Waals surface area contributed by atoms with Crippen LogP contribution in [-0.4, -0.2) is 12.6 Å². The van der Waals surface area contributed by atoms with Crippen molar-refractivity contribution in [1.82, 2.24) is 0 Å². The smallest absolute Gasteiger partial charge is 0.348 e. The Morgan fingerprint density at radius 2 is 2.46 bits per heavy atom. The number of ether oxygens (including phenoxy) is 1. The summed E-state index contributed by atoms with van der Waals surface area (Å²) in [5, 5.41) is 10.3. The van der Waals surface area contributed by atoms with Crippen LogP contribution in [0.1, 0.15) is 27.7 Å². The van der Waals surface area contributed by atoms with Crippen LogP contribution in [-0.2, 0) is 4.74 Å². The van der Waals surface area contributed by atoms with Gasteiger partial charge in [0.1, 0.15) is 10.9 Å². The minimum atomic E-state index is -0.341. The number of nitriles is 1. The number of carbonyl (C=O) groups excluding carboxylic acids is 1. The fourth-order valence-corrected chi connectivity index (χ4v) is 1.83. The molecule has 1 aromatic rings. The molecule has 0 bridgehead atoms. The second-order valence-electron chi connectivity index (χ2n) is 2.44. The molecule has 0 aliphatic heterocycles. The molecule has 0 aromatic carbocycles. The molecule has 0 spiro atoms. The van der Waals surface area contributed by atoms with E-state index >= 15 is 0 Å². The molecule has 0 unspecified atom stereocenters. The van der Waals surface area contributed by atoms with Gasteiger partial charge < -0.3 is 4.74 Å². The van der Waals surface area contributed by atoms with Gasteiger partial charge in [-0.15, -0.1) is 11.3 Å². The zero-order valence-corrected chi connectivity index (χ0v) is 8.27. The van der Waals surface area contributed by atoms with E-state index in [-0.39, 0.29) is 5.97 Å². The van der Waals surface area contributed by atoms with Gasteiger partial charge in [-0.1, -0.05) is 0 Å². The number of hydrogen-bond acceptors (Lipinski definition) is 4. The van der Waals surface area contributed by atoms with E-state index < -0.39 is 0 Å². The van der Waals surface area contributed by atoms with Gasteiger partial charge in [-0.3, -0.25) is 0 Å². The number of carbonyl (C=O) groups is 1. The lowest BCUT2D eigenvalue weighted by molar-refractivity contribution is 0.0531. The van der Waals surface area contributed by atoms with E-state index in [2.05, 4.69) is 0 Å². The Morgan fingerprint density at radius 3 is 2.92 bits per heavy atom. The summed E-state index contributed by atoms with van der Waals surface area (Å²) in [4.78, 5) is 11.8. The van der Waals surface area contributed by atoms with E-state index in [1.807, 2.05) is 6.07 Å². The maximum atomic E-state index is 11.3. The van der Waals surface area contributed by atoms with Crippen LogP contribution in [0, 0.1) is 18.3 Å². The first-order valence-corrected chi connectivity index (χ1v) is 4.74. The predicted molar refractivity (Wildman–Crippen MR) is 49.7 cm³/mol. The van der Waals surface area contributed by atoms with Gasteiger partial charge in [0.25, 0.3) is 0 Å². The van der Waals surface area contributed by atoms with E-state index in [1.165, 1.54) is 11.3 Å². The van der Waals surface area contributed by atoms with Crippen molar-refractivity contribution < 1.29 is 9.53 Å². The van der Waals surface area contributed by atoms with Crippen molar-refractivity contribution in [3.8, 4) is 6.07 Å². The minimum absolute atomic E-state index is 0.341. The van der Waals surface area contributed by atoms with Gasteiger partial charge in [-0.25, -0.2) is 4.79 Å². The Morgan fingerprint density at radius 1 is 1.77 bits per heavy atom. The molecule has 68 valence electrons. The van der Waals surface area contributed by atoms with Crippen LogP contribution in [0.3, 0.4) is 0 Å². The highest BCUT2D eigenvalue weighted by Crippen LogP contribution is 2.21. The largest absolute Gasteiger partial charge is 0.462 e. The molecule has 1 aromatic heterocycles. The molecule has 3 nitrogen and oxygen atoms in total. The molecular weight excluding hydrogens is 186 g/mol. The summed E-state index contributed by atoms with van der Waals surface area (Å²) >= 11 is 1.25. The molecule has 1 rings (SSSR count). The molecule has 0 radical (unpaired) electrons. The van der Waals surface area contributed by atoms with Gasteiger partial charge in [0.2, 0.25) is 0 Å². The van der Waals surface area contributed by atoms with Gasteiger partial charge in [-0.05, 0) is 19.4 Å². The van der Waals surface area contributed by atoms with Crippen LogP contribution in [0.5, 0.6) is 0 Å². The predicted octanol–water partition coefficient (Wildman–Crippen LogP) is 2.10. The Balaban J connectivity index is 2.97. The summed E-state index contributed by atoms with van der Waals surface area (Å²) in [7, 11) is 0. The fraction of sp³-hybridized carbons (Fsp3) is 0.333. The molecule has 0 amide bonds. The average Bonchev–Trinajstić information content (AvgIpc) is 2.47. The van der Waals surface area contributed by atoms with Gasteiger partial charge in [0.15, 0.2) is 0 Å². The summed E-state index contributed by atoms with van der Waals surface area (Å²) < 4.78 is 4.83. The van der Waals surface area contributed by atoms with Crippen LogP contribution in [0.25, 0.3) is 0 Å². The van der Waals surface area contributed by atoms with Crippen molar-refractivity contribution >= 4 is 17.3 Å². The summed E-state index contributed by atoms with van der Waals surface area (Å²) in [5.41, 5.74) is 1.26. The fourth-order valence-electron chi connectivity index (χ4n) is 0.925. The lowest BCUT2D eigenvalue weighted by atomic mass is 10.2. The third-order valence-corrected chi connectivity index (χ3v) is 2.68. The second-order valence-corrected chi connectivity index (χ2v) is 3.32. The number of thiophene rings is 1. The highest BCUT2D eigenvalue weighted by atomic mass is 32.1. The second kappa shape index (κ2) is 4.06. The van der Waals surface area contributed by atoms with Crippen LogP contribution in [0.2, 0.25) is 0 Å². The van der Waals surface area contributed by atoms with Crippen molar-refractivity contribution in [1.29, 1.82) is 5.26 Å². The Hall–Kier alpha value is -1.34. The first kappa shape index (κ1) is 9.75. The van der Waals surface area contributed by atoms with Crippen LogP contribution in [0.4, 0.5) is 0 Å². The van der Waals surface area contributed by atoms with Gasteiger partial charge in [0, 0.05) is 5.38 Å². The lowest BCUT2D eigenvalue weighted by Gasteiger charge is -1.98. The molecule has 0 N–H and O–H groups in total. The molecular formula is C9H9NO2S. The highest BCUT2D eigenvalue weighted by molar-refractivity contribution is 7.12. The third-order valence-electron chi connectivity index (χ3n) is 1.62. The van der Waals surface area contributed by atoms with Gasteiger partial charge >= 0.3 is 5.97 Å². The number of esters is 1. The zero-order valence-electron chi connectivity index (χ0n) is 7.46. The van der Waals surface area contributed by atoms with E-state index in [1.54, 1.807) is 19.2 Å². The standard InChI is InChI=1S/C9H9NO2S/c1-3-12-9(11)8-6(2)7(4-10)5-13-8/h5H,3H2,1-2H3. The van der Waals surface area contributed by atoms with Gasteiger partial charge in [-0.2, -0.15) is 5.26 Å². The molecule has 0 saturated heterocycles. The molecule has 0 saturated carbocycles. The topological polar surface area (TPSA) is 50.1 Å². The monoisotopic (exact) mass is 195 g/mol. The average molecular weight is 195 g/mol. The van der Waals surface area contributed by atoms with Crippen molar-refractivity contribution in [2.24, 2.45) is 0 Å². The quantitative estimate of drug-likeness (QED) is 0.679. The van der Waals surface area contributed by atoms with E-state index in [9.17, 15) is 4.79 Å². The van der Waals surface area contributed by atoms with Crippen molar-refractivity contribution in [3.05, 3.63) is 21.4 Å².